The molecule has 0 aliphatic rings. The van der Waals surface area contributed by atoms with Crippen LogP contribution >= 0.6 is 11.3 Å². The second-order valence-corrected chi connectivity index (χ2v) is 6.14. The minimum absolute atomic E-state index is 0.0237. The van der Waals surface area contributed by atoms with Crippen LogP contribution in [0.15, 0.2) is 30.5 Å². The Morgan fingerprint density at radius 1 is 1.22 bits per heavy atom. The Bertz CT molecular complexity index is 529. The lowest BCUT2D eigenvalue weighted by molar-refractivity contribution is 0.416. The third kappa shape index (κ3) is 3.01. The van der Waals surface area contributed by atoms with Crippen molar-refractivity contribution < 1.29 is 4.74 Å². The van der Waals surface area contributed by atoms with Crippen molar-refractivity contribution in [3.8, 4) is 16.2 Å². The van der Waals surface area contributed by atoms with Crippen LogP contribution in [0.4, 0.5) is 5.13 Å². The van der Waals surface area contributed by atoms with Crippen molar-refractivity contribution in [2.45, 2.75) is 26.3 Å². The molecular weight excluding hydrogens is 244 g/mol. The second-order valence-electron chi connectivity index (χ2n) is 5.10. The molecule has 4 heteroatoms. The highest BCUT2D eigenvalue weighted by Crippen LogP contribution is 2.35. The predicted molar refractivity (Wildman–Crippen MR) is 77.5 cm³/mol. The van der Waals surface area contributed by atoms with Crippen molar-refractivity contribution in [3.05, 3.63) is 30.5 Å². The molecule has 96 valence electrons. The van der Waals surface area contributed by atoms with Gasteiger partial charge in [0.2, 0.25) is 0 Å². The van der Waals surface area contributed by atoms with Crippen LogP contribution in [-0.4, -0.2) is 17.6 Å². The highest BCUT2D eigenvalue weighted by molar-refractivity contribution is 7.18. The summed E-state index contributed by atoms with van der Waals surface area (Å²) in [4.78, 5) is 5.52. The third-order valence-electron chi connectivity index (χ3n) is 2.36. The van der Waals surface area contributed by atoms with Crippen molar-refractivity contribution in [3.63, 3.8) is 0 Å². The number of methoxy groups -OCH3 is 1. The van der Waals surface area contributed by atoms with E-state index >= 15 is 0 Å². The molecule has 0 saturated carbocycles. The van der Waals surface area contributed by atoms with E-state index in [0.717, 1.165) is 21.3 Å². The molecule has 0 aliphatic heterocycles. The summed E-state index contributed by atoms with van der Waals surface area (Å²) in [5.74, 6) is 0.878. The van der Waals surface area contributed by atoms with Crippen LogP contribution in [0.2, 0.25) is 0 Å². The lowest BCUT2D eigenvalue weighted by atomic mass is 10.1. The highest BCUT2D eigenvalue weighted by atomic mass is 32.1. The first kappa shape index (κ1) is 12.9. The Hall–Kier alpha value is -1.55. The average Bonchev–Trinajstić information content (AvgIpc) is 2.75. The number of thiazole rings is 1. The molecule has 3 nitrogen and oxygen atoms in total. The molecule has 1 aromatic heterocycles. The van der Waals surface area contributed by atoms with E-state index in [1.807, 2.05) is 30.5 Å². The number of nitrogens with zero attached hydrogens (tertiary/aromatic N) is 1. The lowest BCUT2D eigenvalue weighted by Crippen LogP contribution is -2.25. The molecule has 1 N–H and O–H groups in total. The van der Waals surface area contributed by atoms with Gasteiger partial charge in [-0.25, -0.2) is 4.98 Å². The molecule has 0 bridgehead atoms. The average molecular weight is 262 g/mol. The van der Waals surface area contributed by atoms with Gasteiger partial charge in [-0.05, 0) is 32.9 Å². The lowest BCUT2D eigenvalue weighted by Gasteiger charge is -2.19. The van der Waals surface area contributed by atoms with E-state index in [2.05, 4.69) is 31.1 Å². The molecule has 0 atom stereocenters. The number of anilines is 1. The van der Waals surface area contributed by atoms with Gasteiger partial charge in [0.15, 0.2) is 5.13 Å². The highest BCUT2D eigenvalue weighted by Gasteiger charge is 2.14. The predicted octanol–water partition coefficient (Wildman–Crippen LogP) is 4.03. The number of nitrogens with one attached hydrogen (secondary N) is 1. The summed E-state index contributed by atoms with van der Waals surface area (Å²) < 4.78 is 5.37. The zero-order valence-corrected chi connectivity index (χ0v) is 12.0. The summed E-state index contributed by atoms with van der Waals surface area (Å²) in [7, 11) is 1.69. The summed E-state index contributed by atoms with van der Waals surface area (Å²) in [6.07, 6.45) is 1.89. The van der Waals surface area contributed by atoms with Gasteiger partial charge in [0.25, 0.3) is 0 Å². The zero-order valence-electron chi connectivity index (χ0n) is 11.2. The molecule has 0 saturated heterocycles. The first-order chi connectivity index (χ1) is 8.49. The monoisotopic (exact) mass is 262 g/mol. The van der Waals surface area contributed by atoms with E-state index in [4.69, 9.17) is 4.74 Å². The van der Waals surface area contributed by atoms with E-state index in [-0.39, 0.29) is 5.54 Å². The Kier molecular flexibility index (Phi) is 3.57. The van der Waals surface area contributed by atoms with Gasteiger partial charge in [0.1, 0.15) is 5.75 Å². The van der Waals surface area contributed by atoms with Gasteiger partial charge in [0, 0.05) is 17.3 Å². The van der Waals surface area contributed by atoms with E-state index in [1.54, 1.807) is 18.4 Å². The van der Waals surface area contributed by atoms with Crippen molar-refractivity contribution in [1.29, 1.82) is 0 Å². The molecule has 1 heterocycles. The maximum atomic E-state index is 5.37. The smallest absolute Gasteiger partial charge is 0.183 e. The normalized spacial score (nSPS) is 11.3. The van der Waals surface area contributed by atoms with Gasteiger partial charge in [0.05, 0.1) is 12.0 Å². The summed E-state index contributed by atoms with van der Waals surface area (Å²) in [6, 6.07) is 7.99. The topological polar surface area (TPSA) is 34.1 Å². The van der Waals surface area contributed by atoms with Gasteiger partial charge >= 0.3 is 0 Å². The zero-order chi connectivity index (χ0) is 13.2. The van der Waals surface area contributed by atoms with Crippen molar-refractivity contribution >= 4 is 16.5 Å². The standard InChI is InChI=1S/C14H18N2OS/c1-14(2,3)16-13-15-9-12(18-13)10-7-5-6-8-11(10)17-4/h5-9H,1-4H3,(H,15,16). The Morgan fingerprint density at radius 3 is 2.61 bits per heavy atom. The maximum absolute atomic E-state index is 5.37. The number of aromatic nitrogens is 1. The summed E-state index contributed by atoms with van der Waals surface area (Å²) in [6.45, 7) is 6.37. The molecule has 0 amide bonds. The van der Waals surface area contributed by atoms with Crippen molar-refractivity contribution in [1.82, 2.24) is 4.98 Å². The summed E-state index contributed by atoms with van der Waals surface area (Å²) >= 11 is 1.64. The van der Waals surface area contributed by atoms with Gasteiger partial charge < -0.3 is 10.1 Å². The molecule has 0 aliphatic carbocycles. The minimum Gasteiger partial charge on any atom is -0.496 e. The van der Waals surface area contributed by atoms with Crippen LogP contribution in [-0.2, 0) is 0 Å². The Morgan fingerprint density at radius 2 is 1.94 bits per heavy atom. The number of rotatable bonds is 3. The van der Waals surface area contributed by atoms with Crippen LogP contribution in [0.1, 0.15) is 20.8 Å². The first-order valence-electron chi connectivity index (χ1n) is 5.87. The molecule has 2 aromatic rings. The van der Waals surface area contributed by atoms with E-state index in [0.29, 0.717) is 0 Å². The van der Waals surface area contributed by atoms with Gasteiger partial charge in [-0.3, -0.25) is 0 Å². The molecule has 18 heavy (non-hydrogen) atoms. The Labute approximate surface area is 112 Å². The van der Waals surface area contributed by atoms with Crippen LogP contribution in [0.25, 0.3) is 10.4 Å². The summed E-state index contributed by atoms with van der Waals surface area (Å²) in [5.41, 5.74) is 1.11. The minimum atomic E-state index is 0.0237. The Balaban J connectivity index is 2.29. The molecule has 2 rings (SSSR count). The first-order valence-corrected chi connectivity index (χ1v) is 6.68. The van der Waals surface area contributed by atoms with Crippen LogP contribution in [0.3, 0.4) is 0 Å². The number of benzene rings is 1. The van der Waals surface area contributed by atoms with Crippen LogP contribution < -0.4 is 10.1 Å². The van der Waals surface area contributed by atoms with Crippen LogP contribution in [0.5, 0.6) is 5.75 Å². The molecule has 0 spiro atoms. The van der Waals surface area contributed by atoms with Gasteiger partial charge in [-0.2, -0.15) is 0 Å². The molecule has 0 fully saturated rings. The quantitative estimate of drug-likeness (QED) is 0.906. The molecule has 0 radical (unpaired) electrons. The largest absolute Gasteiger partial charge is 0.496 e. The van der Waals surface area contributed by atoms with E-state index < -0.39 is 0 Å². The van der Waals surface area contributed by atoms with E-state index in [1.165, 1.54) is 0 Å². The fourth-order valence-electron chi connectivity index (χ4n) is 1.63. The van der Waals surface area contributed by atoms with Crippen molar-refractivity contribution in [2.24, 2.45) is 0 Å². The number of para-hydroxylation sites is 1. The molecule has 1 aromatic carbocycles. The molecular formula is C14H18N2OS. The van der Waals surface area contributed by atoms with Crippen LogP contribution in [0, 0.1) is 0 Å². The summed E-state index contributed by atoms with van der Waals surface area (Å²) in [5, 5.41) is 4.31. The van der Waals surface area contributed by atoms with Gasteiger partial charge in [-0.1, -0.05) is 23.5 Å². The SMILES string of the molecule is COc1ccccc1-c1cnc(NC(C)(C)C)s1. The van der Waals surface area contributed by atoms with Crippen molar-refractivity contribution in [2.75, 3.05) is 12.4 Å². The van der Waals surface area contributed by atoms with Gasteiger partial charge in [-0.15, -0.1) is 0 Å². The number of ether oxygens (including phenoxy) is 1. The fraction of sp³-hybridized carbons (Fsp3) is 0.357. The molecule has 0 unspecified atom stereocenters. The number of hydrogen-bond acceptors (Lipinski definition) is 4. The third-order valence-corrected chi connectivity index (χ3v) is 3.31. The second kappa shape index (κ2) is 4.98. The number of hydrogen-bond donors (Lipinski definition) is 1. The maximum Gasteiger partial charge on any atom is 0.183 e. The van der Waals surface area contributed by atoms with E-state index in [9.17, 15) is 0 Å². The fourth-order valence-corrected chi connectivity index (χ4v) is 2.68.